The fourth-order valence-electron chi connectivity index (χ4n) is 1.21. The zero-order valence-corrected chi connectivity index (χ0v) is 10.1. The minimum absolute atomic E-state index is 0.286. The van der Waals surface area contributed by atoms with Crippen molar-refractivity contribution < 1.29 is 8.81 Å². The summed E-state index contributed by atoms with van der Waals surface area (Å²) in [6.45, 7) is 2.13. The molecule has 6 heteroatoms. The summed E-state index contributed by atoms with van der Waals surface area (Å²) in [7, 11) is 0. The van der Waals surface area contributed by atoms with Crippen LogP contribution >= 0.6 is 15.9 Å². The van der Waals surface area contributed by atoms with Crippen LogP contribution in [-0.2, 0) is 6.54 Å². The fourth-order valence-corrected chi connectivity index (χ4v) is 1.70. The van der Waals surface area contributed by atoms with Crippen LogP contribution in [0.4, 0.5) is 10.1 Å². The molecule has 0 aliphatic heterocycles. The fraction of sp³-hybridized carbons (Fsp3) is 0.200. The predicted octanol–water partition coefficient (Wildman–Crippen LogP) is 2.89. The molecular weight excluding hydrogens is 277 g/mol. The van der Waals surface area contributed by atoms with E-state index in [1.54, 1.807) is 13.0 Å². The lowest BCUT2D eigenvalue weighted by Gasteiger charge is -2.05. The van der Waals surface area contributed by atoms with Crippen molar-refractivity contribution in [3.8, 4) is 0 Å². The molecule has 0 fully saturated rings. The Morgan fingerprint density at radius 1 is 1.44 bits per heavy atom. The third-order valence-electron chi connectivity index (χ3n) is 1.93. The zero-order valence-electron chi connectivity index (χ0n) is 8.50. The highest BCUT2D eigenvalue weighted by atomic mass is 79.9. The summed E-state index contributed by atoms with van der Waals surface area (Å²) in [6, 6.07) is 4.41. The molecule has 0 unspecified atom stereocenters. The molecule has 1 N–H and O–H groups in total. The van der Waals surface area contributed by atoms with Gasteiger partial charge in [-0.15, -0.1) is 10.2 Å². The highest BCUT2D eigenvalue weighted by Gasteiger charge is 2.04. The van der Waals surface area contributed by atoms with E-state index in [0.29, 0.717) is 22.8 Å². The molecule has 1 aromatic heterocycles. The van der Waals surface area contributed by atoms with E-state index >= 15 is 0 Å². The van der Waals surface area contributed by atoms with E-state index in [-0.39, 0.29) is 5.82 Å². The molecule has 0 saturated heterocycles. The number of hydrogen-bond donors (Lipinski definition) is 1. The van der Waals surface area contributed by atoms with Crippen LogP contribution < -0.4 is 5.32 Å². The highest BCUT2D eigenvalue weighted by molar-refractivity contribution is 9.10. The van der Waals surface area contributed by atoms with E-state index in [1.807, 2.05) is 0 Å². The second-order valence-electron chi connectivity index (χ2n) is 3.19. The van der Waals surface area contributed by atoms with Gasteiger partial charge in [-0.2, -0.15) is 0 Å². The number of nitrogens with one attached hydrogen (secondary N) is 1. The van der Waals surface area contributed by atoms with E-state index < -0.39 is 0 Å². The number of benzene rings is 1. The quantitative estimate of drug-likeness (QED) is 0.942. The Balaban J connectivity index is 2.04. The van der Waals surface area contributed by atoms with Gasteiger partial charge >= 0.3 is 0 Å². The first-order chi connectivity index (χ1) is 7.65. The molecule has 0 saturated carbocycles. The van der Waals surface area contributed by atoms with Gasteiger partial charge in [0.15, 0.2) is 0 Å². The van der Waals surface area contributed by atoms with Crippen molar-refractivity contribution in [1.29, 1.82) is 0 Å². The first-order valence-corrected chi connectivity index (χ1v) is 5.42. The SMILES string of the molecule is Cc1nnc(CNc2ccc(F)cc2Br)o1. The van der Waals surface area contributed by atoms with Gasteiger partial charge in [0.05, 0.1) is 6.54 Å². The lowest BCUT2D eigenvalue weighted by atomic mass is 10.3. The van der Waals surface area contributed by atoms with Gasteiger partial charge in [-0.1, -0.05) is 0 Å². The van der Waals surface area contributed by atoms with Gasteiger partial charge in [-0.3, -0.25) is 0 Å². The van der Waals surface area contributed by atoms with Crippen LogP contribution in [0, 0.1) is 12.7 Å². The molecule has 1 heterocycles. The Hall–Kier alpha value is -1.43. The molecule has 0 spiro atoms. The molecular formula is C10H9BrFN3O. The summed E-state index contributed by atoms with van der Waals surface area (Å²) in [6.07, 6.45) is 0. The van der Waals surface area contributed by atoms with Gasteiger partial charge in [0, 0.05) is 17.1 Å². The van der Waals surface area contributed by atoms with Gasteiger partial charge < -0.3 is 9.73 Å². The Morgan fingerprint density at radius 3 is 2.88 bits per heavy atom. The van der Waals surface area contributed by atoms with Crippen LogP contribution in [-0.4, -0.2) is 10.2 Å². The van der Waals surface area contributed by atoms with Crippen molar-refractivity contribution in [2.45, 2.75) is 13.5 Å². The standard InChI is InChI=1S/C10H9BrFN3O/c1-6-14-15-10(16-6)5-13-9-3-2-7(12)4-8(9)11/h2-4,13H,5H2,1H3. The van der Waals surface area contributed by atoms with Gasteiger partial charge in [0.1, 0.15) is 5.82 Å². The van der Waals surface area contributed by atoms with Gasteiger partial charge in [-0.05, 0) is 34.1 Å². The Morgan fingerprint density at radius 2 is 2.25 bits per heavy atom. The summed E-state index contributed by atoms with van der Waals surface area (Å²) in [4.78, 5) is 0. The summed E-state index contributed by atoms with van der Waals surface area (Å²) < 4.78 is 18.7. The molecule has 0 aliphatic carbocycles. The first kappa shape index (κ1) is 11.1. The molecule has 84 valence electrons. The lowest BCUT2D eigenvalue weighted by molar-refractivity contribution is 0.475. The summed E-state index contributed by atoms with van der Waals surface area (Å²) in [5, 5.41) is 10.6. The number of anilines is 1. The minimum Gasteiger partial charge on any atom is -0.424 e. The third-order valence-corrected chi connectivity index (χ3v) is 2.59. The average Bonchev–Trinajstić information content (AvgIpc) is 2.63. The normalized spacial score (nSPS) is 10.4. The summed E-state index contributed by atoms with van der Waals surface area (Å²) in [5.74, 6) is 0.731. The second-order valence-corrected chi connectivity index (χ2v) is 4.05. The van der Waals surface area contributed by atoms with Crippen molar-refractivity contribution in [2.24, 2.45) is 0 Å². The Labute approximate surface area is 100 Å². The van der Waals surface area contributed by atoms with Crippen molar-refractivity contribution >= 4 is 21.6 Å². The molecule has 0 atom stereocenters. The first-order valence-electron chi connectivity index (χ1n) is 4.63. The maximum absolute atomic E-state index is 12.8. The Kier molecular flexibility index (Phi) is 3.19. The molecule has 0 aliphatic rings. The van der Waals surface area contributed by atoms with Crippen molar-refractivity contribution in [3.63, 3.8) is 0 Å². The number of halogens is 2. The van der Waals surface area contributed by atoms with Crippen LogP contribution in [0.15, 0.2) is 27.1 Å². The zero-order chi connectivity index (χ0) is 11.5. The number of rotatable bonds is 3. The van der Waals surface area contributed by atoms with Crippen molar-refractivity contribution in [1.82, 2.24) is 10.2 Å². The molecule has 2 aromatic rings. The lowest BCUT2D eigenvalue weighted by Crippen LogP contribution is -2.00. The summed E-state index contributed by atoms with van der Waals surface area (Å²) in [5.41, 5.74) is 0.775. The highest BCUT2D eigenvalue weighted by Crippen LogP contribution is 2.23. The van der Waals surface area contributed by atoms with Gasteiger partial charge in [-0.25, -0.2) is 4.39 Å². The number of hydrogen-bond acceptors (Lipinski definition) is 4. The second kappa shape index (κ2) is 4.61. The topological polar surface area (TPSA) is 51.0 Å². The molecule has 4 nitrogen and oxygen atoms in total. The molecule has 1 aromatic carbocycles. The molecule has 0 radical (unpaired) electrons. The molecule has 0 bridgehead atoms. The monoisotopic (exact) mass is 285 g/mol. The van der Waals surface area contributed by atoms with Crippen molar-refractivity contribution in [3.05, 3.63) is 40.3 Å². The third kappa shape index (κ3) is 2.57. The van der Waals surface area contributed by atoms with E-state index in [2.05, 4.69) is 31.4 Å². The van der Waals surface area contributed by atoms with Crippen LogP contribution in [0.2, 0.25) is 0 Å². The van der Waals surface area contributed by atoms with Crippen LogP contribution in [0.5, 0.6) is 0 Å². The van der Waals surface area contributed by atoms with Crippen molar-refractivity contribution in [2.75, 3.05) is 5.32 Å². The smallest absolute Gasteiger partial charge is 0.235 e. The van der Waals surface area contributed by atoms with E-state index in [4.69, 9.17) is 4.42 Å². The van der Waals surface area contributed by atoms with E-state index in [1.165, 1.54) is 12.1 Å². The predicted molar refractivity (Wildman–Crippen MR) is 60.5 cm³/mol. The van der Waals surface area contributed by atoms with Crippen LogP contribution in [0.1, 0.15) is 11.8 Å². The van der Waals surface area contributed by atoms with E-state index in [9.17, 15) is 4.39 Å². The van der Waals surface area contributed by atoms with Gasteiger partial charge in [0.2, 0.25) is 11.8 Å². The maximum Gasteiger partial charge on any atom is 0.235 e. The largest absolute Gasteiger partial charge is 0.424 e. The molecule has 0 amide bonds. The number of aromatic nitrogens is 2. The molecule has 2 rings (SSSR count). The minimum atomic E-state index is -0.286. The Bertz CT molecular complexity index is 501. The number of aryl methyl sites for hydroxylation is 1. The molecule has 16 heavy (non-hydrogen) atoms. The van der Waals surface area contributed by atoms with Gasteiger partial charge in [0.25, 0.3) is 0 Å². The van der Waals surface area contributed by atoms with Crippen LogP contribution in [0.25, 0.3) is 0 Å². The summed E-state index contributed by atoms with van der Waals surface area (Å²) >= 11 is 3.26. The number of nitrogens with zero attached hydrogens (tertiary/aromatic N) is 2. The van der Waals surface area contributed by atoms with E-state index in [0.717, 1.165) is 5.69 Å². The maximum atomic E-state index is 12.8. The average molecular weight is 286 g/mol. The van der Waals surface area contributed by atoms with Crippen LogP contribution in [0.3, 0.4) is 0 Å².